The van der Waals surface area contributed by atoms with Gasteiger partial charge in [-0.1, -0.05) is 54.6 Å². The van der Waals surface area contributed by atoms with Gasteiger partial charge in [0.2, 0.25) is 5.91 Å². The highest BCUT2D eigenvalue weighted by atomic mass is 16.5. The lowest BCUT2D eigenvalue weighted by Crippen LogP contribution is -2.36. The van der Waals surface area contributed by atoms with Gasteiger partial charge in [-0.2, -0.15) is 0 Å². The lowest BCUT2D eigenvalue weighted by Gasteiger charge is -2.30. The van der Waals surface area contributed by atoms with E-state index in [1.807, 2.05) is 35.2 Å². The summed E-state index contributed by atoms with van der Waals surface area (Å²) in [6.07, 6.45) is 1.19. The summed E-state index contributed by atoms with van der Waals surface area (Å²) in [5.41, 5.74) is 9.03. The van der Waals surface area contributed by atoms with Crippen LogP contribution in [0.4, 0.5) is 0 Å². The lowest BCUT2D eigenvalue weighted by molar-refractivity contribution is -0.132. The van der Waals surface area contributed by atoms with Gasteiger partial charge in [0.1, 0.15) is 0 Å². The van der Waals surface area contributed by atoms with E-state index in [1.165, 1.54) is 22.3 Å². The van der Waals surface area contributed by atoms with Crippen molar-refractivity contribution in [2.75, 3.05) is 6.54 Å². The van der Waals surface area contributed by atoms with Crippen LogP contribution in [0.5, 0.6) is 0 Å². The minimum absolute atomic E-state index is 0.0674. The summed E-state index contributed by atoms with van der Waals surface area (Å²) < 4.78 is 0. The van der Waals surface area contributed by atoms with E-state index in [1.54, 1.807) is 17.6 Å². The molecular weight excluding hydrogens is 376 g/mol. The quantitative estimate of drug-likeness (QED) is 0.519. The number of carbonyl (C=O) groups excluding carboxylic acids is 2. The van der Waals surface area contributed by atoms with Crippen LogP contribution in [0.3, 0.4) is 0 Å². The van der Waals surface area contributed by atoms with E-state index in [0.717, 1.165) is 17.5 Å². The van der Waals surface area contributed by atoms with Crippen molar-refractivity contribution in [3.05, 3.63) is 94.5 Å². The van der Waals surface area contributed by atoms with Gasteiger partial charge in [-0.05, 0) is 51.9 Å². The van der Waals surface area contributed by atoms with Crippen LogP contribution >= 0.6 is 0 Å². The molecule has 30 heavy (non-hydrogen) atoms. The third kappa shape index (κ3) is 3.08. The van der Waals surface area contributed by atoms with Gasteiger partial charge in [0.15, 0.2) is 0 Å². The lowest BCUT2D eigenvalue weighted by atomic mass is 9.92. The number of fused-ring (bicyclic) bond motifs is 4. The van der Waals surface area contributed by atoms with E-state index >= 15 is 0 Å². The Bertz CT molecular complexity index is 1110. The summed E-state index contributed by atoms with van der Waals surface area (Å²) in [6, 6.07) is 22.0. The Kier molecular flexibility index (Phi) is 4.60. The third-order valence-corrected chi connectivity index (χ3v) is 6.28. The minimum atomic E-state index is -0.541. The largest absolute Gasteiger partial charge is 0.338 e. The van der Waals surface area contributed by atoms with Gasteiger partial charge in [0, 0.05) is 31.0 Å². The highest BCUT2D eigenvalue weighted by molar-refractivity contribution is 5.93. The molecule has 1 aliphatic heterocycles. The molecule has 150 valence electrons. The molecule has 1 heterocycles. The third-order valence-electron chi connectivity index (χ3n) is 6.28. The van der Waals surface area contributed by atoms with Crippen LogP contribution in [0.1, 0.15) is 45.0 Å². The van der Waals surface area contributed by atoms with Crippen molar-refractivity contribution in [1.29, 1.82) is 0 Å². The molecule has 5 rings (SSSR count). The highest BCUT2D eigenvalue weighted by Crippen LogP contribution is 2.46. The zero-order valence-electron chi connectivity index (χ0n) is 16.5. The zero-order valence-corrected chi connectivity index (χ0v) is 16.5. The fourth-order valence-corrected chi connectivity index (χ4v) is 4.76. The fourth-order valence-electron chi connectivity index (χ4n) is 4.76. The number of nitrogens with zero attached hydrogens (tertiary/aromatic N) is 1. The molecule has 1 aliphatic carbocycles. The maximum absolute atomic E-state index is 13.3. The van der Waals surface area contributed by atoms with Crippen molar-refractivity contribution >= 4 is 11.8 Å². The van der Waals surface area contributed by atoms with Crippen molar-refractivity contribution in [3.63, 3.8) is 0 Å². The first-order valence-corrected chi connectivity index (χ1v) is 10.2. The first-order chi connectivity index (χ1) is 14.7. The Morgan fingerprint density at radius 3 is 2.27 bits per heavy atom. The molecule has 5 nitrogen and oxygen atoms in total. The zero-order chi connectivity index (χ0) is 20.7. The van der Waals surface area contributed by atoms with Crippen LogP contribution in [0.2, 0.25) is 0 Å². The molecule has 0 atom stereocenters. The van der Waals surface area contributed by atoms with Gasteiger partial charge < -0.3 is 4.90 Å². The molecule has 3 aromatic carbocycles. The molecule has 2 amide bonds. The van der Waals surface area contributed by atoms with Crippen molar-refractivity contribution in [3.8, 4) is 11.1 Å². The number of carbonyl (C=O) groups is 2. The predicted molar refractivity (Wildman–Crippen MR) is 113 cm³/mol. The summed E-state index contributed by atoms with van der Waals surface area (Å²) in [7, 11) is 0. The van der Waals surface area contributed by atoms with Crippen molar-refractivity contribution in [1.82, 2.24) is 10.4 Å². The number of hydrogen-bond acceptors (Lipinski definition) is 3. The van der Waals surface area contributed by atoms with Crippen molar-refractivity contribution < 1.29 is 14.8 Å². The average Bonchev–Trinajstić information content (AvgIpc) is 3.11. The molecule has 0 bridgehead atoms. The second-order valence-corrected chi connectivity index (χ2v) is 7.92. The molecular formula is C25H22N2O3. The van der Waals surface area contributed by atoms with Gasteiger partial charge in [-0.25, -0.2) is 5.48 Å². The molecule has 5 heteroatoms. The molecule has 0 aromatic heterocycles. The number of benzene rings is 3. The molecule has 0 saturated heterocycles. The van der Waals surface area contributed by atoms with Crippen LogP contribution < -0.4 is 5.48 Å². The first kappa shape index (κ1) is 18.6. The van der Waals surface area contributed by atoms with Gasteiger partial charge in [-0.3, -0.25) is 14.8 Å². The SMILES string of the molecule is O=C(NO)c1ccc2c(c1)CN(C(=O)CC1c3ccccc3-c3ccccc31)CC2. The molecule has 0 saturated carbocycles. The molecule has 0 fully saturated rings. The average molecular weight is 398 g/mol. The van der Waals surface area contributed by atoms with E-state index in [0.29, 0.717) is 25.1 Å². The molecule has 2 N–H and O–H groups in total. The van der Waals surface area contributed by atoms with E-state index in [4.69, 9.17) is 5.21 Å². The number of rotatable bonds is 3. The maximum Gasteiger partial charge on any atom is 0.274 e. The Morgan fingerprint density at radius 2 is 1.60 bits per heavy atom. The second-order valence-electron chi connectivity index (χ2n) is 7.92. The standard InChI is InChI=1S/C25H22N2O3/c28-24(27-12-11-16-9-10-17(25(29)26-30)13-18(16)15-27)14-23-21-7-3-1-5-19(21)20-6-2-4-8-22(20)23/h1-10,13,23,30H,11-12,14-15H2,(H,26,29). The van der Waals surface area contributed by atoms with Crippen LogP contribution in [-0.4, -0.2) is 28.5 Å². The highest BCUT2D eigenvalue weighted by Gasteiger charge is 2.32. The minimum Gasteiger partial charge on any atom is -0.338 e. The number of hydroxylamine groups is 1. The van der Waals surface area contributed by atoms with Gasteiger partial charge >= 0.3 is 0 Å². The summed E-state index contributed by atoms with van der Waals surface area (Å²) >= 11 is 0. The molecule has 0 spiro atoms. The molecule has 2 aliphatic rings. The second kappa shape index (κ2) is 7.43. The Morgan fingerprint density at radius 1 is 0.933 bits per heavy atom. The first-order valence-electron chi connectivity index (χ1n) is 10.2. The van der Waals surface area contributed by atoms with Gasteiger partial charge in [-0.15, -0.1) is 0 Å². The van der Waals surface area contributed by atoms with Crippen LogP contribution in [0.15, 0.2) is 66.7 Å². The van der Waals surface area contributed by atoms with Crippen molar-refractivity contribution in [2.45, 2.75) is 25.3 Å². The predicted octanol–water partition coefficient (Wildman–Crippen LogP) is 3.89. The monoisotopic (exact) mass is 398 g/mol. The number of hydrogen-bond donors (Lipinski definition) is 2. The van der Waals surface area contributed by atoms with Crippen LogP contribution in [0, 0.1) is 0 Å². The van der Waals surface area contributed by atoms with Gasteiger partial charge in [0.25, 0.3) is 5.91 Å². The summed E-state index contributed by atoms with van der Waals surface area (Å²) in [4.78, 5) is 26.9. The van der Waals surface area contributed by atoms with E-state index in [-0.39, 0.29) is 11.8 Å². The number of nitrogens with one attached hydrogen (secondary N) is 1. The van der Waals surface area contributed by atoms with Crippen LogP contribution in [0.25, 0.3) is 11.1 Å². The Labute approximate surface area is 174 Å². The summed E-state index contributed by atoms with van der Waals surface area (Å²) in [6.45, 7) is 1.16. The molecule has 0 unspecified atom stereocenters. The number of amides is 2. The summed E-state index contributed by atoms with van der Waals surface area (Å²) in [5.74, 6) is -0.354. The molecule has 3 aromatic rings. The smallest absolute Gasteiger partial charge is 0.274 e. The van der Waals surface area contributed by atoms with Crippen LogP contribution in [-0.2, 0) is 17.8 Å². The Hall–Kier alpha value is -3.44. The summed E-state index contributed by atoms with van der Waals surface area (Å²) in [5, 5.41) is 8.89. The van der Waals surface area contributed by atoms with E-state index in [2.05, 4.69) is 24.3 Å². The maximum atomic E-state index is 13.3. The van der Waals surface area contributed by atoms with E-state index < -0.39 is 5.91 Å². The van der Waals surface area contributed by atoms with E-state index in [9.17, 15) is 9.59 Å². The Balaban J connectivity index is 1.39. The fraction of sp³-hybridized carbons (Fsp3) is 0.200. The molecule has 0 radical (unpaired) electrons. The topological polar surface area (TPSA) is 69.6 Å². The van der Waals surface area contributed by atoms with Crippen molar-refractivity contribution in [2.24, 2.45) is 0 Å². The normalized spacial score (nSPS) is 14.6. The van der Waals surface area contributed by atoms with Gasteiger partial charge in [0.05, 0.1) is 0 Å².